The number of imide groups is 1. The molecule has 0 aromatic heterocycles. The van der Waals surface area contributed by atoms with E-state index in [4.69, 9.17) is 5.11 Å². The van der Waals surface area contributed by atoms with Crippen LogP contribution in [-0.4, -0.2) is 64.4 Å². The molecule has 0 bridgehead atoms. The van der Waals surface area contributed by atoms with Crippen molar-refractivity contribution in [2.45, 2.75) is 32.2 Å². The molecule has 0 aromatic rings. The topological polar surface area (TPSA) is 107 Å². The van der Waals surface area contributed by atoms with Crippen LogP contribution < -0.4 is 5.32 Å². The largest absolute Gasteiger partial charge is 0.481 e. The number of carbonyl (C=O) groups is 4. The third-order valence-electron chi connectivity index (χ3n) is 4.00. The van der Waals surface area contributed by atoms with Crippen LogP contribution in [0.5, 0.6) is 0 Å². The predicted octanol–water partition coefficient (Wildman–Crippen LogP) is -0.360. The summed E-state index contributed by atoms with van der Waals surface area (Å²) >= 11 is 0. The summed E-state index contributed by atoms with van der Waals surface area (Å²) in [6, 6.07) is -1.01. The Balaban J connectivity index is 2.03. The lowest BCUT2D eigenvalue weighted by Crippen LogP contribution is -2.62. The first-order valence-corrected chi connectivity index (χ1v) is 7.06. The number of nitrogens with one attached hydrogen (secondary N) is 1. The van der Waals surface area contributed by atoms with Crippen molar-refractivity contribution in [2.75, 3.05) is 19.6 Å². The van der Waals surface area contributed by atoms with Crippen molar-refractivity contribution in [1.82, 2.24) is 15.1 Å². The molecule has 8 heteroatoms. The summed E-state index contributed by atoms with van der Waals surface area (Å²) < 4.78 is 0. The zero-order chi connectivity index (χ0) is 15.6. The minimum atomic E-state index is -0.846. The molecule has 2 aliphatic rings. The Hall–Kier alpha value is -2.12. The van der Waals surface area contributed by atoms with Gasteiger partial charge in [-0.05, 0) is 19.3 Å². The van der Waals surface area contributed by atoms with Crippen molar-refractivity contribution in [3.8, 4) is 0 Å². The molecule has 0 radical (unpaired) electrons. The number of hydrogen-bond donors (Lipinski definition) is 2. The van der Waals surface area contributed by atoms with E-state index in [0.717, 1.165) is 0 Å². The van der Waals surface area contributed by atoms with Crippen molar-refractivity contribution < 1.29 is 24.3 Å². The van der Waals surface area contributed by atoms with Gasteiger partial charge in [-0.25, -0.2) is 4.79 Å². The summed E-state index contributed by atoms with van der Waals surface area (Å²) in [5.41, 5.74) is 0. The summed E-state index contributed by atoms with van der Waals surface area (Å²) in [5, 5.41) is 11.2. The smallest absolute Gasteiger partial charge is 0.321 e. The standard InChI is InChI=1S/C13H19N3O5/c1-2-9-11(18)14-10(17)7-16(9)13(21)15-5-3-8(4-6-15)12(19)20/h8-9H,2-7H2,1H3,(H,19,20)(H,14,17,18). The first-order valence-electron chi connectivity index (χ1n) is 7.06. The number of carbonyl (C=O) groups excluding carboxylic acids is 3. The second-order valence-electron chi connectivity index (χ2n) is 5.35. The maximum Gasteiger partial charge on any atom is 0.321 e. The molecule has 2 rings (SSSR count). The molecule has 2 fully saturated rings. The molecular weight excluding hydrogens is 278 g/mol. The Morgan fingerprint density at radius 3 is 2.43 bits per heavy atom. The Labute approximate surface area is 122 Å². The van der Waals surface area contributed by atoms with Crippen LogP contribution in [0.25, 0.3) is 0 Å². The number of amides is 4. The highest BCUT2D eigenvalue weighted by molar-refractivity contribution is 6.04. The maximum absolute atomic E-state index is 12.5. The maximum atomic E-state index is 12.5. The fraction of sp³-hybridized carbons (Fsp3) is 0.692. The van der Waals surface area contributed by atoms with Crippen LogP contribution in [0.4, 0.5) is 4.79 Å². The molecule has 2 N–H and O–H groups in total. The van der Waals surface area contributed by atoms with Gasteiger partial charge in [0, 0.05) is 13.1 Å². The monoisotopic (exact) mass is 297 g/mol. The average Bonchev–Trinajstić information content (AvgIpc) is 2.46. The average molecular weight is 297 g/mol. The summed E-state index contributed by atoms with van der Waals surface area (Å²) in [5.74, 6) is -2.22. The number of hydrogen-bond acceptors (Lipinski definition) is 4. The zero-order valence-corrected chi connectivity index (χ0v) is 11.9. The molecule has 8 nitrogen and oxygen atoms in total. The molecule has 116 valence electrons. The van der Waals surface area contributed by atoms with Gasteiger partial charge in [0.2, 0.25) is 11.8 Å². The molecule has 1 atom stereocenters. The van der Waals surface area contributed by atoms with E-state index in [0.29, 0.717) is 32.4 Å². The van der Waals surface area contributed by atoms with Gasteiger partial charge in [-0.2, -0.15) is 0 Å². The van der Waals surface area contributed by atoms with E-state index in [1.165, 1.54) is 9.80 Å². The van der Waals surface area contributed by atoms with E-state index in [-0.39, 0.29) is 12.6 Å². The summed E-state index contributed by atoms with van der Waals surface area (Å²) in [6.45, 7) is 2.30. The number of carboxylic acids is 1. The number of nitrogens with zero attached hydrogens (tertiary/aromatic N) is 2. The van der Waals surface area contributed by atoms with E-state index >= 15 is 0 Å². The lowest BCUT2D eigenvalue weighted by Gasteiger charge is -2.39. The van der Waals surface area contributed by atoms with Crippen LogP contribution in [0.15, 0.2) is 0 Å². The molecule has 0 aromatic carbocycles. The summed E-state index contributed by atoms with van der Waals surface area (Å²) in [7, 11) is 0. The van der Waals surface area contributed by atoms with Crippen LogP contribution in [0.1, 0.15) is 26.2 Å². The van der Waals surface area contributed by atoms with Gasteiger partial charge in [0.05, 0.1) is 5.92 Å². The molecule has 0 spiro atoms. The van der Waals surface area contributed by atoms with Crippen LogP contribution in [0, 0.1) is 5.92 Å². The van der Waals surface area contributed by atoms with Crippen molar-refractivity contribution in [3.05, 3.63) is 0 Å². The van der Waals surface area contributed by atoms with Crippen LogP contribution in [0.2, 0.25) is 0 Å². The third-order valence-corrected chi connectivity index (χ3v) is 4.00. The SMILES string of the molecule is CCC1C(=O)NC(=O)CN1C(=O)N1CCC(C(=O)O)CC1. The number of carboxylic acid groups (broad SMARTS) is 1. The van der Waals surface area contributed by atoms with E-state index < -0.39 is 29.7 Å². The second-order valence-corrected chi connectivity index (χ2v) is 5.35. The van der Waals surface area contributed by atoms with E-state index in [9.17, 15) is 19.2 Å². The number of piperazine rings is 1. The van der Waals surface area contributed by atoms with E-state index in [1.54, 1.807) is 6.92 Å². The fourth-order valence-corrected chi connectivity index (χ4v) is 2.77. The molecular formula is C13H19N3O5. The molecule has 2 aliphatic heterocycles. The van der Waals surface area contributed by atoms with Gasteiger partial charge in [0.1, 0.15) is 12.6 Å². The predicted molar refractivity (Wildman–Crippen MR) is 71.3 cm³/mol. The Kier molecular flexibility index (Phi) is 4.44. The lowest BCUT2D eigenvalue weighted by molar-refractivity contribution is -0.143. The highest BCUT2D eigenvalue weighted by Crippen LogP contribution is 2.20. The van der Waals surface area contributed by atoms with Crippen LogP contribution in [-0.2, 0) is 14.4 Å². The number of rotatable bonds is 2. The van der Waals surface area contributed by atoms with Gasteiger partial charge >= 0.3 is 12.0 Å². The first kappa shape index (κ1) is 15.3. The minimum absolute atomic E-state index is 0.137. The highest BCUT2D eigenvalue weighted by Gasteiger charge is 2.38. The lowest BCUT2D eigenvalue weighted by atomic mass is 9.97. The van der Waals surface area contributed by atoms with Crippen molar-refractivity contribution in [1.29, 1.82) is 0 Å². The molecule has 0 aliphatic carbocycles. The van der Waals surface area contributed by atoms with Gasteiger partial charge in [0.15, 0.2) is 0 Å². The first-order chi connectivity index (χ1) is 9.93. The molecule has 0 saturated carbocycles. The van der Waals surface area contributed by atoms with Crippen molar-refractivity contribution in [2.24, 2.45) is 5.92 Å². The second kappa shape index (κ2) is 6.11. The third kappa shape index (κ3) is 3.14. The van der Waals surface area contributed by atoms with Gasteiger partial charge in [-0.1, -0.05) is 6.92 Å². The number of urea groups is 1. The van der Waals surface area contributed by atoms with Gasteiger partial charge in [-0.3, -0.25) is 19.7 Å². The Bertz CT molecular complexity index is 470. The molecule has 21 heavy (non-hydrogen) atoms. The molecule has 2 heterocycles. The molecule has 4 amide bonds. The number of likely N-dealkylation sites (tertiary alicyclic amines) is 1. The quantitative estimate of drug-likeness (QED) is 0.677. The summed E-state index contributed by atoms with van der Waals surface area (Å²) in [6.07, 6.45) is 1.22. The number of piperidine rings is 1. The van der Waals surface area contributed by atoms with Crippen molar-refractivity contribution >= 4 is 23.8 Å². The summed E-state index contributed by atoms with van der Waals surface area (Å²) in [4.78, 5) is 49.4. The highest BCUT2D eigenvalue weighted by atomic mass is 16.4. The zero-order valence-electron chi connectivity index (χ0n) is 11.9. The Morgan fingerprint density at radius 2 is 1.90 bits per heavy atom. The molecule has 1 unspecified atom stereocenters. The van der Waals surface area contributed by atoms with Crippen LogP contribution >= 0.6 is 0 Å². The van der Waals surface area contributed by atoms with E-state index in [2.05, 4.69) is 5.32 Å². The fourth-order valence-electron chi connectivity index (χ4n) is 2.77. The van der Waals surface area contributed by atoms with Crippen molar-refractivity contribution in [3.63, 3.8) is 0 Å². The van der Waals surface area contributed by atoms with Gasteiger partial charge < -0.3 is 14.9 Å². The van der Waals surface area contributed by atoms with Gasteiger partial charge in [0.25, 0.3) is 0 Å². The normalized spacial score (nSPS) is 24.0. The molecule has 2 saturated heterocycles. The number of aliphatic carboxylic acids is 1. The minimum Gasteiger partial charge on any atom is -0.481 e. The van der Waals surface area contributed by atoms with Crippen LogP contribution in [0.3, 0.4) is 0 Å². The Morgan fingerprint density at radius 1 is 1.29 bits per heavy atom. The van der Waals surface area contributed by atoms with E-state index in [1.807, 2.05) is 0 Å². The van der Waals surface area contributed by atoms with Gasteiger partial charge in [-0.15, -0.1) is 0 Å².